The molecule has 102 valence electrons. The first-order valence-corrected chi connectivity index (χ1v) is 6.78. The second-order valence-electron chi connectivity index (χ2n) is 5.51. The quantitative estimate of drug-likeness (QED) is 0.719. The number of nitrogens with one attached hydrogen (secondary N) is 3. The summed E-state index contributed by atoms with van der Waals surface area (Å²) >= 11 is 0. The molecule has 0 spiro atoms. The molecule has 1 aromatic rings. The highest BCUT2D eigenvalue weighted by Crippen LogP contribution is 2.43. The highest BCUT2D eigenvalue weighted by Gasteiger charge is 2.39. The van der Waals surface area contributed by atoms with Gasteiger partial charge in [0.1, 0.15) is 5.69 Å². The third-order valence-electron chi connectivity index (χ3n) is 4.40. The van der Waals surface area contributed by atoms with Gasteiger partial charge in [-0.2, -0.15) is 0 Å². The summed E-state index contributed by atoms with van der Waals surface area (Å²) in [6, 6.07) is 1.31. The second-order valence-corrected chi connectivity index (χ2v) is 5.51. The van der Waals surface area contributed by atoms with E-state index in [9.17, 15) is 14.4 Å². The van der Waals surface area contributed by atoms with Gasteiger partial charge in [0.25, 0.3) is 11.5 Å². The predicted octanol–water partition coefficient (Wildman–Crippen LogP) is 0.372. The van der Waals surface area contributed by atoms with Gasteiger partial charge < -0.3 is 10.3 Å². The standard InChI is InChI=1S/C13H17N3O3/c17-11-6-10(15-13(19)16-11)12(18)14-9-5-4-7-2-1-3-8(7)9/h6-9H,1-5H2,(H,14,18)(H2,15,16,17,19)/t7-,8-,9-/m1/s1. The van der Waals surface area contributed by atoms with Crippen LogP contribution in [-0.2, 0) is 0 Å². The zero-order valence-electron chi connectivity index (χ0n) is 10.6. The van der Waals surface area contributed by atoms with Crippen LogP contribution >= 0.6 is 0 Å². The summed E-state index contributed by atoms with van der Waals surface area (Å²) in [6.45, 7) is 0. The molecule has 6 nitrogen and oxygen atoms in total. The molecule has 1 aromatic heterocycles. The van der Waals surface area contributed by atoms with Crippen LogP contribution in [0.4, 0.5) is 0 Å². The van der Waals surface area contributed by atoms with E-state index in [1.165, 1.54) is 25.7 Å². The van der Waals surface area contributed by atoms with E-state index in [2.05, 4.69) is 10.3 Å². The first-order valence-electron chi connectivity index (χ1n) is 6.78. The Labute approximate surface area is 109 Å². The first-order chi connectivity index (χ1) is 9.13. The number of carbonyl (C=O) groups excluding carboxylic acids is 1. The number of fused-ring (bicyclic) bond motifs is 1. The van der Waals surface area contributed by atoms with Crippen LogP contribution in [0.1, 0.15) is 42.6 Å². The average Bonchev–Trinajstić information content (AvgIpc) is 2.92. The number of H-pyrrole nitrogens is 2. The van der Waals surface area contributed by atoms with Crippen molar-refractivity contribution in [1.82, 2.24) is 15.3 Å². The van der Waals surface area contributed by atoms with Crippen molar-refractivity contribution < 1.29 is 4.79 Å². The number of aromatic nitrogens is 2. The van der Waals surface area contributed by atoms with Crippen LogP contribution in [0.5, 0.6) is 0 Å². The predicted molar refractivity (Wildman–Crippen MR) is 69.0 cm³/mol. The first kappa shape index (κ1) is 12.2. The Morgan fingerprint density at radius 2 is 2.00 bits per heavy atom. The van der Waals surface area contributed by atoms with Crippen molar-refractivity contribution in [3.8, 4) is 0 Å². The van der Waals surface area contributed by atoms with Crippen LogP contribution in [0.25, 0.3) is 0 Å². The Morgan fingerprint density at radius 1 is 1.16 bits per heavy atom. The fourth-order valence-corrected chi connectivity index (χ4v) is 3.58. The summed E-state index contributed by atoms with van der Waals surface area (Å²) in [5.41, 5.74) is -1.17. The molecule has 0 aliphatic heterocycles. The molecule has 1 heterocycles. The maximum Gasteiger partial charge on any atom is 0.326 e. The number of carbonyl (C=O) groups is 1. The molecule has 3 rings (SSSR count). The molecule has 0 radical (unpaired) electrons. The van der Waals surface area contributed by atoms with Crippen LogP contribution in [-0.4, -0.2) is 21.9 Å². The van der Waals surface area contributed by atoms with Crippen LogP contribution < -0.4 is 16.6 Å². The normalized spacial score (nSPS) is 29.2. The van der Waals surface area contributed by atoms with E-state index in [4.69, 9.17) is 0 Å². The molecule has 3 N–H and O–H groups in total. The highest BCUT2D eigenvalue weighted by molar-refractivity contribution is 5.92. The lowest BCUT2D eigenvalue weighted by atomic mass is 9.97. The van der Waals surface area contributed by atoms with E-state index in [-0.39, 0.29) is 17.6 Å². The molecule has 2 aliphatic carbocycles. The molecule has 1 amide bonds. The summed E-state index contributed by atoms with van der Waals surface area (Å²) in [4.78, 5) is 38.8. The molecule has 0 aromatic carbocycles. The largest absolute Gasteiger partial charge is 0.348 e. The summed E-state index contributed by atoms with van der Waals surface area (Å²) in [6.07, 6.45) is 5.83. The van der Waals surface area contributed by atoms with E-state index in [1.807, 2.05) is 4.98 Å². The monoisotopic (exact) mass is 263 g/mol. The number of rotatable bonds is 2. The molecule has 3 atom stereocenters. The topological polar surface area (TPSA) is 94.8 Å². The summed E-state index contributed by atoms with van der Waals surface area (Å²) in [5.74, 6) is 0.946. The lowest BCUT2D eigenvalue weighted by Crippen LogP contribution is -2.39. The second kappa shape index (κ2) is 4.68. The Bertz CT molecular complexity index is 575. The van der Waals surface area contributed by atoms with Crippen LogP contribution in [0.15, 0.2) is 15.7 Å². The van der Waals surface area contributed by atoms with Gasteiger partial charge in [-0.15, -0.1) is 0 Å². The maximum atomic E-state index is 12.1. The van der Waals surface area contributed by atoms with E-state index in [1.54, 1.807) is 0 Å². The molecule has 6 heteroatoms. The Morgan fingerprint density at radius 3 is 2.79 bits per heavy atom. The van der Waals surface area contributed by atoms with E-state index >= 15 is 0 Å². The van der Waals surface area contributed by atoms with Crippen molar-refractivity contribution in [2.75, 3.05) is 0 Å². The highest BCUT2D eigenvalue weighted by atomic mass is 16.2. The fourth-order valence-electron chi connectivity index (χ4n) is 3.58. The van der Waals surface area contributed by atoms with Gasteiger partial charge in [-0.3, -0.25) is 14.6 Å². The molecule has 0 unspecified atom stereocenters. The third-order valence-corrected chi connectivity index (χ3v) is 4.40. The molecule has 19 heavy (non-hydrogen) atoms. The van der Waals surface area contributed by atoms with Crippen molar-refractivity contribution in [2.45, 2.75) is 38.1 Å². The van der Waals surface area contributed by atoms with Gasteiger partial charge in [0.15, 0.2) is 0 Å². The summed E-state index contributed by atoms with van der Waals surface area (Å²) in [7, 11) is 0. The minimum atomic E-state index is -0.650. The number of amides is 1. The maximum absolute atomic E-state index is 12.1. The van der Waals surface area contributed by atoms with Gasteiger partial charge >= 0.3 is 5.69 Å². The van der Waals surface area contributed by atoms with Gasteiger partial charge in [-0.25, -0.2) is 4.79 Å². The van der Waals surface area contributed by atoms with Gasteiger partial charge in [-0.05, 0) is 31.1 Å². The molecule has 2 aliphatic rings. The third kappa shape index (κ3) is 2.34. The zero-order valence-corrected chi connectivity index (χ0v) is 10.6. The van der Waals surface area contributed by atoms with Gasteiger partial charge in [0, 0.05) is 12.1 Å². The van der Waals surface area contributed by atoms with Crippen molar-refractivity contribution in [3.05, 3.63) is 32.6 Å². The Hall–Kier alpha value is -1.85. The van der Waals surface area contributed by atoms with Crippen molar-refractivity contribution in [2.24, 2.45) is 11.8 Å². The summed E-state index contributed by atoms with van der Waals surface area (Å²) in [5, 5.41) is 2.96. The molecular formula is C13H17N3O3. The minimum absolute atomic E-state index is 0.0372. The number of hydrogen-bond donors (Lipinski definition) is 3. The van der Waals surface area contributed by atoms with E-state index < -0.39 is 11.2 Å². The van der Waals surface area contributed by atoms with E-state index in [0.29, 0.717) is 5.92 Å². The van der Waals surface area contributed by atoms with Gasteiger partial charge in [0.2, 0.25) is 0 Å². The lowest BCUT2D eigenvalue weighted by Gasteiger charge is -2.19. The van der Waals surface area contributed by atoms with E-state index in [0.717, 1.165) is 18.4 Å². The van der Waals surface area contributed by atoms with Gasteiger partial charge in [-0.1, -0.05) is 12.8 Å². The molecule has 0 bridgehead atoms. The Balaban J connectivity index is 1.74. The number of hydrogen-bond acceptors (Lipinski definition) is 3. The number of aromatic amines is 2. The zero-order chi connectivity index (χ0) is 13.4. The van der Waals surface area contributed by atoms with Crippen molar-refractivity contribution >= 4 is 5.91 Å². The average molecular weight is 263 g/mol. The Kier molecular flexibility index (Phi) is 3.00. The van der Waals surface area contributed by atoms with Crippen LogP contribution in [0.3, 0.4) is 0 Å². The van der Waals surface area contributed by atoms with Crippen LogP contribution in [0.2, 0.25) is 0 Å². The van der Waals surface area contributed by atoms with Crippen LogP contribution in [0, 0.1) is 11.8 Å². The smallest absolute Gasteiger partial charge is 0.326 e. The minimum Gasteiger partial charge on any atom is -0.348 e. The van der Waals surface area contributed by atoms with Gasteiger partial charge in [0.05, 0.1) is 0 Å². The summed E-state index contributed by atoms with van der Waals surface area (Å²) < 4.78 is 0. The van der Waals surface area contributed by atoms with Crippen molar-refractivity contribution in [3.63, 3.8) is 0 Å². The molecule has 2 fully saturated rings. The SMILES string of the molecule is O=C(N[C@@H]1CC[C@H]2CCC[C@H]21)c1cc(=O)[nH]c(=O)[nH]1. The molecule has 0 saturated heterocycles. The lowest BCUT2D eigenvalue weighted by molar-refractivity contribution is 0.0920. The van der Waals surface area contributed by atoms with Crippen molar-refractivity contribution in [1.29, 1.82) is 0 Å². The fraction of sp³-hybridized carbons (Fsp3) is 0.615. The molecular weight excluding hydrogens is 246 g/mol. The molecule has 2 saturated carbocycles.